The molecule has 0 bridgehead atoms. The fourth-order valence-corrected chi connectivity index (χ4v) is 0. The van der Waals surface area contributed by atoms with Gasteiger partial charge >= 0.3 is 24.7 Å². The summed E-state index contributed by atoms with van der Waals surface area (Å²) in [5, 5.41) is 0. The summed E-state index contributed by atoms with van der Waals surface area (Å²) in [6, 6.07) is 0. The third kappa shape index (κ3) is 1640. The van der Waals surface area contributed by atoms with E-state index in [1.807, 2.05) is 0 Å². The second kappa shape index (κ2) is 2500. The second-order valence-corrected chi connectivity index (χ2v) is 0. The summed E-state index contributed by atoms with van der Waals surface area (Å²) in [5.74, 6) is 0. The first-order valence-corrected chi connectivity index (χ1v) is 1.50. The van der Waals surface area contributed by atoms with Gasteiger partial charge in [-0.2, -0.15) is 0 Å². The van der Waals surface area contributed by atoms with Crippen molar-refractivity contribution in [3.8, 4) is 0 Å². The Kier molecular flexibility index (Phi) is 63800. The average molecular weight is 172 g/mol. The molecule has 7 heavy (non-hydrogen) atoms. The molecule has 0 aliphatic rings. The molecule has 8 N–H and O–H groups in total. The summed E-state index contributed by atoms with van der Waals surface area (Å²) in [7, 11) is 0. The Morgan fingerprint density at radius 1 is 0.857 bits per heavy atom. The summed E-state index contributed by atoms with van der Waals surface area (Å²) in [4.78, 5) is 0. The van der Waals surface area contributed by atoms with Crippen LogP contribution in [0, 0.1) is 0 Å². The van der Waals surface area contributed by atoms with Crippen LogP contribution in [0.4, 0.5) is 0 Å². The average Bonchev–Trinajstić information content (AvgIpc) is 1.00. The molecule has 0 fully saturated rings. The van der Waals surface area contributed by atoms with Crippen molar-refractivity contribution in [1.82, 2.24) is 0 Å². The van der Waals surface area contributed by atoms with Crippen LogP contribution in [0.25, 0.3) is 0 Å². The molecule has 0 aromatic carbocycles. The molecule has 0 radical (unpaired) electrons. The van der Waals surface area contributed by atoms with Crippen LogP contribution in [0.2, 0.25) is 0 Å². The van der Waals surface area contributed by atoms with Crippen molar-refractivity contribution in [2.75, 3.05) is 0 Å². The Balaban J connectivity index is -0.000000000238. The second-order valence-electron chi connectivity index (χ2n) is 0. The number of hydrogen-bond acceptors (Lipinski definition) is 1. The van der Waals surface area contributed by atoms with Crippen LogP contribution in [0.1, 0.15) is 10.3 Å². The SMILES string of the molecule is C.O.O.O.O.[H+].[H+].[O]=[Zn]. The maximum atomic E-state index is 8.38. The summed E-state index contributed by atoms with van der Waals surface area (Å²) in [6.07, 6.45) is 0. The summed E-state index contributed by atoms with van der Waals surface area (Å²) < 4.78 is 8.38. The van der Waals surface area contributed by atoms with Gasteiger partial charge in [0, 0.05) is 0 Å². The monoisotopic (exact) mass is 170 g/mol. The van der Waals surface area contributed by atoms with Gasteiger partial charge in [0.1, 0.15) is 0 Å². The zero-order chi connectivity index (χ0) is 2.00. The van der Waals surface area contributed by atoms with Gasteiger partial charge in [-0.1, -0.05) is 7.43 Å². The van der Waals surface area contributed by atoms with E-state index in [4.69, 9.17) is 3.57 Å². The molecule has 0 spiro atoms. The predicted molar refractivity (Wildman–Crippen MR) is 24.1 cm³/mol. The fraction of sp³-hybridized carbons (Fsp3) is 1.00. The Hall–Kier alpha value is 0.263. The molecule has 6 heteroatoms. The Labute approximate surface area is 54.9 Å². The van der Waals surface area contributed by atoms with Crippen LogP contribution in [0.5, 0.6) is 0 Å². The molecule has 0 unspecified atom stereocenters. The Morgan fingerprint density at radius 2 is 0.857 bits per heavy atom. The van der Waals surface area contributed by atoms with Crippen LogP contribution in [-0.4, -0.2) is 21.9 Å². The standard InChI is InChI=1S/CH4.4H2O.O.Zn/h1H4;4*1H2;;/p+2. The van der Waals surface area contributed by atoms with E-state index in [1.54, 1.807) is 0 Å². The zero-order valence-electron chi connectivity index (χ0n) is 5.12. The van der Waals surface area contributed by atoms with Crippen LogP contribution < -0.4 is 0 Å². The van der Waals surface area contributed by atoms with Crippen LogP contribution in [-0.2, 0) is 21.8 Å². The normalized spacial score (nSPS) is 0.857. The third-order valence-electron chi connectivity index (χ3n) is 0. The van der Waals surface area contributed by atoms with Crippen molar-refractivity contribution in [3.63, 3.8) is 0 Å². The number of hydrogen-bond donors (Lipinski definition) is 0. The molecule has 0 saturated carbocycles. The minimum absolute atomic E-state index is 0. The molecule has 0 aliphatic carbocycles. The first kappa shape index (κ1) is 179. The van der Waals surface area contributed by atoms with Gasteiger partial charge in [-0.3, -0.25) is 0 Å². The molecule has 5 nitrogen and oxygen atoms in total. The maximum absolute atomic E-state index is 8.38. The van der Waals surface area contributed by atoms with E-state index in [-0.39, 0.29) is 50.4 Å². The molecule has 0 saturated heterocycles. The molecule has 0 heterocycles. The van der Waals surface area contributed by atoms with Crippen LogP contribution >= 0.6 is 0 Å². The quantitative estimate of drug-likeness (QED) is 0.363. The van der Waals surface area contributed by atoms with E-state index in [1.165, 1.54) is 0 Å². The van der Waals surface area contributed by atoms with Gasteiger partial charge in [-0.15, -0.1) is 0 Å². The number of rotatable bonds is 0. The third-order valence-corrected chi connectivity index (χ3v) is 0. The van der Waals surface area contributed by atoms with Crippen molar-refractivity contribution in [3.05, 3.63) is 0 Å². The van der Waals surface area contributed by atoms with E-state index >= 15 is 0 Å². The summed E-state index contributed by atoms with van der Waals surface area (Å²) in [5.41, 5.74) is 0. The zero-order valence-corrected chi connectivity index (χ0v) is 6.08. The molecule has 0 aliphatic heterocycles. The van der Waals surface area contributed by atoms with Gasteiger partial charge in [0.05, 0.1) is 0 Å². The van der Waals surface area contributed by atoms with E-state index < -0.39 is 0 Å². The van der Waals surface area contributed by atoms with Gasteiger partial charge < -0.3 is 21.9 Å². The Morgan fingerprint density at radius 3 is 0.857 bits per heavy atom. The van der Waals surface area contributed by atoms with Crippen molar-refractivity contribution in [2.24, 2.45) is 0 Å². The molecule has 0 aromatic heterocycles. The predicted octanol–water partition coefficient (Wildman–Crippen LogP) is -2.56. The van der Waals surface area contributed by atoms with Crippen molar-refractivity contribution in [1.29, 1.82) is 0 Å². The topological polar surface area (TPSA) is 143 Å². The molecule has 0 rings (SSSR count). The first-order chi connectivity index (χ1) is 1.00. The molecule has 48 valence electrons. The minimum atomic E-state index is 0. The molecular weight excluding hydrogens is 157 g/mol. The van der Waals surface area contributed by atoms with Crippen molar-refractivity contribution in [2.45, 2.75) is 7.43 Å². The van der Waals surface area contributed by atoms with Gasteiger partial charge in [-0.05, 0) is 0 Å². The first-order valence-electron chi connectivity index (χ1n) is 0.289. The van der Waals surface area contributed by atoms with E-state index in [2.05, 4.69) is 0 Å². The van der Waals surface area contributed by atoms with E-state index in [9.17, 15) is 0 Å². The van der Waals surface area contributed by atoms with Gasteiger partial charge in [0.15, 0.2) is 0 Å². The van der Waals surface area contributed by atoms with Crippen LogP contribution in [0.15, 0.2) is 0 Å². The molecular formula is CH14O5Zn+2. The summed E-state index contributed by atoms with van der Waals surface area (Å²) >= 11 is 0.125. The van der Waals surface area contributed by atoms with Gasteiger partial charge in [-0.25, -0.2) is 0 Å². The van der Waals surface area contributed by atoms with Gasteiger partial charge in [0.25, 0.3) is 0 Å². The Bertz CT molecular complexity index is 14.9. The summed E-state index contributed by atoms with van der Waals surface area (Å²) in [6.45, 7) is 0. The van der Waals surface area contributed by atoms with Crippen LogP contribution in [0.3, 0.4) is 0 Å². The van der Waals surface area contributed by atoms with E-state index in [0.29, 0.717) is 0 Å². The fourth-order valence-electron chi connectivity index (χ4n) is 0. The van der Waals surface area contributed by atoms with Gasteiger partial charge in [0.2, 0.25) is 0 Å². The molecule has 0 aromatic rings. The van der Waals surface area contributed by atoms with E-state index in [0.717, 1.165) is 0 Å². The van der Waals surface area contributed by atoms with Crippen molar-refractivity contribution < 1.29 is 46.6 Å². The molecule has 0 amide bonds. The van der Waals surface area contributed by atoms with Crippen molar-refractivity contribution >= 4 is 0 Å². The molecule has 0 atom stereocenters.